The Kier molecular flexibility index (Phi) is 5.88. The Bertz CT molecular complexity index is 1040. The zero-order valence-electron chi connectivity index (χ0n) is 17.4. The molecule has 1 N–H and O–H groups in total. The average Bonchev–Trinajstić information content (AvgIpc) is 3.29. The van der Waals surface area contributed by atoms with Crippen LogP contribution in [0.1, 0.15) is 50.8 Å². The summed E-state index contributed by atoms with van der Waals surface area (Å²) < 4.78 is 5.74. The van der Waals surface area contributed by atoms with E-state index in [1.807, 2.05) is 30.3 Å². The molecule has 162 valence electrons. The van der Waals surface area contributed by atoms with Gasteiger partial charge in [-0.05, 0) is 51.2 Å². The van der Waals surface area contributed by atoms with Gasteiger partial charge >= 0.3 is 17.8 Å². The van der Waals surface area contributed by atoms with Crippen molar-refractivity contribution in [1.82, 2.24) is 15.1 Å². The Morgan fingerprint density at radius 2 is 1.90 bits per heavy atom. The van der Waals surface area contributed by atoms with Gasteiger partial charge in [0.1, 0.15) is 17.9 Å². The van der Waals surface area contributed by atoms with E-state index in [0.717, 1.165) is 36.0 Å². The minimum Gasteiger partial charge on any atom is -0.459 e. The minimum atomic E-state index is -0.964. The summed E-state index contributed by atoms with van der Waals surface area (Å²) in [6.45, 7) is 1.40. The highest BCUT2D eigenvalue weighted by molar-refractivity contribution is 6.45. The van der Waals surface area contributed by atoms with Crippen LogP contribution in [0, 0.1) is 0 Å². The monoisotopic (exact) mass is 423 g/mol. The van der Waals surface area contributed by atoms with Gasteiger partial charge in [-0.2, -0.15) is 0 Å². The van der Waals surface area contributed by atoms with Crippen LogP contribution in [-0.4, -0.2) is 46.6 Å². The predicted octanol–water partition coefficient (Wildman–Crippen LogP) is 3.29. The third-order valence-corrected chi connectivity index (χ3v) is 5.73. The van der Waals surface area contributed by atoms with E-state index < -0.39 is 36.3 Å². The molecular formula is C23H25N3O5. The molecule has 8 nitrogen and oxygen atoms in total. The number of para-hydroxylation sites is 1. The summed E-state index contributed by atoms with van der Waals surface area (Å²) >= 11 is 0. The number of fused-ring (bicyclic) bond motifs is 1. The van der Waals surface area contributed by atoms with E-state index in [1.165, 1.54) is 5.57 Å². The molecule has 31 heavy (non-hydrogen) atoms. The molecule has 1 saturated heterocycles. The van der Waals surface area contributed by atoms with Crippen LogP contribution in [0.25, 0.3) is 11.0 Å². The molecular weight excluding hydrogens is 398 g/mol. The maximum Gasteiger partial charge on any atom is 0.334 e. The first-order chi connectivity index (χ1) is 14.9. The molecule has 2 heterocycles. The van der Waals surface area contributed by atoms with Crippen molar-refractivity contribution in [1.29, 1.82) is 0 Å². The van der Waals surface area contributed by atoms with Crippen molar-refractivity contribution in [2.75, 3.05) is 13.1 Å². The van der Waals surface area contributed by atoms with Crippen molar-refractivity contribution in [2.45, 2.75) is 45.1 Å². The van der Waals surface area contributed by atoms with E-state index in [1.54, 1.807) is 6.92 Å². The summed E-state index contributed by atoms with van der Waals surface area (Å²) in [6, 6.07) is 8.12. The summed E-state index contributed by atoms with van der Waals surface area (Å²) in [4.78, 5) is 51.3. The van der Waals surface area contributed by atoms with E-state index >= 15 is 0 Å². The van der Waals surface area contributed by atoms with Crippen molar-refractivity contribution >= 4 is 34.7 Å². The highest BCUT2D eigenvalue weighted by Gasteiger charge is 2.45. The number of benzene rings is 1. The molecule has 0 saturated carbocycles. The first-order valence-electron chi connectivity index (χ1n) is 10.6. The molecule has 2 aromatic rings. The van der Waals surface area contributed by atoms with Crippen molar-refractivity contribution < 1.29 is 23.6 Å². The summed E-state index contributed by atoms with van der Waals surface area (Å²) in [5.41, 5.74) is 1.91. The molecule has 2 aliphatic rings. The lowest BCUT2D eigenvalue weighted by Crippen LogP contribution is -2.42. The van der Waals surface area contributed by atoms with Gasteiger partial charge < -0.3 is 9.73 Å². The fourth-order valence-electron chi connectivity index (χ4n) is 3.99. The number of urea groups is 1. The van der Waals surface area contributed by atoms with Crippen LogP contribution >= 0.6 is 0 Å². The summed E-state index contributed by atoms with van der Waals surface area (Å²) in [5.74, 6) is -1.82. The van der Waals surface area contributed by atoms with Crippen LogP contribution in [0.4, 0.5) is 4.79 Å². The van der Waals surface area contributed by atoms with Crippen molar-refractivity contribution in [3.05, 3.63) is 47.7 Å². The molecule has 1 aromatic heterocycles. The second-order valence-electron chi connectivity index (χ2n) is 7.96. The molecule has 0 spiro atoms. The van der Waals surface area contributed by atoms with Gasteiger partial charge in [0.25, 0.3) is 0 Å². The molecule has 0 unspecified atom stereocenters. The topological polar surface area (TPSA) is 99.9 Å². The fourth-order valence-corrected chi connectivity index (χ4v) is 3.99. The number of furan rings is 1. The van der Waals surface area contributed by atoms with Gasteiger partial charge in [0, 0.05) is 11.9 Å². The number of hydrogen-bond donors (Lipinski definition) is 1. The number of carbonyl (C=O) groups is 4. The van der Waals surface area contributed by atoms with Gasteiger partial charge in [-0.15, -0.1) is 0 Å². The van der Waals surface area contributed by atoms with E-state index in [2.05, 4.69) is 11.4 Å². The average molecular weight is 423 g/mol. The molecule has 1 atom stereocenters. The van der Waals surface area contributed by atoms with Gasteiger partial charge in [0.2, 0.25) is 5.91 Å². The van der Waals surface area contributed by atoms with Crippen LogP contribution in [-0.2, 0) is 14.4 Å². The molecule has 1 aliphatic carbocycles. The number of allylic oxidation sites excluding steroid dienone is 1. The van der Waals surface area contributed by atoms with Crippen LogP contribution in [0.5, 0.6) is 0 Å². The minimum absolute atomic E-state index is 0.156. The molecule has 0 radical (unpaired) electrons. The maximum absolute atomic E-state index is 12.6. The Balaban J connectivity index is 1.35. The third kappa shape index (κ3) is 4.38. The second kappa shape index (κ2) is 8.75. The number of imide groups is 2. The third-order valence-electron chi connectivity index (χ3n) is 5.73. The number of carbonyl (C=O) groups excluding carboxylic acids is 4. The maximum atomic E-state index is 12.6. The van der Waals surface area contributed by atoms with Gasteiger partial charge in [-0.3, -0.25) is 19.3 Å². The Morgan fingerprint density at radius 1 is 1.13 bits per heavy atom. The predicted molar refractivity (Wildman–Crippen MR) is 113 cm³/mol. The summed E-state index contributed by atoms with van der Waals surface area (Å²) in [6.07, 6.45) is 6.91. The number of rotatable bonds is 7. The first-order valence-corrected chi connectivity index (χ1v) is 10.6. The lowest BCUT2D eigenvalue weighted by Gasteiger charge is -2.18. The van der Waals surface area contributed by atoms with Gasteiger partial charge in [0.15, 0.2) is 0 Å². The molecule has 5 amide bonds. The Labute approximate surface area is 179 Å². The summed E-state index contributed by atoms with van der Waals surface area (Å²) in [5, 5.41) is 3.64. The van der Waals surface area contributed by atoms with Gasteiger partial charge in [0.05, 0.1) is 6.04 Å². The molecule has 4 rings (SSSR count). The van der Waals surface area contributed by atoms with Crippen molar-refractivity contribution in [3.8, 4) is 0 Å². The lowest BCUT2D eigenvalue weighted by molar-refractivity contribution is -0.144. The van der Waals surface area contributed by atoms with E-state index in [-0.39, 0.29) is 6.54 Å². The number of hydrogen-bond acceptors (Lipinski definition) is 5. The number of amides is 5. The Hall–Kier alpha value is -3.42. The summed E-state index contributed by atoms with van der Waals surface area (Å²) in [7, 11) is 0. The SMILES string of the molecule is C[C@@H](NC(=O)CN1C(=O)C(=O)N(CCC2=CCCCC2)C1=O)c1cc2ccccc2o1. The number of nitrogens with one attached hydrogen (secondary N) is 1. The zero-order valence-corrected chi connectivity index (χ0v) is 17.4. The van der Waals surface area contributed by atoms with Crippen LogP contribution in [0.15, 0.2) is 46.4 Å². The highest BCUT2D eigenvalue weighted by atomic mass is 16.3. The largest absolute Gasteiger partial charge is 0.459 e. The molecule has 1 aliphatic heterocycles. The highest BCUT2D eigenvalue weighted by Crippen LogP contribution is 2.24. The van der Waals surface area contributed by atoms with Gasteiger partial charge in [-0.1, -0.05) is 29.8 Å². The van der Waals surface area contributed by atoms with Gasteiger partial charge in [-0.25, -0.2) is 9.69 Å². The zero-order chi connectivity index (χ0) is 22.0. The van der Waals surface area contributed by atoms with Crippen LogP contribution in [0.3, 0.4) is 0 Å². The van der Waals surface area contributed by atoms with Crippen LogP contribution < -0.4 is 5.32 Å². The molecule has 1 aromatic carbocycles. The van der Waals surface area contributed by atoms with Crippen molar-refractivity contribution in [3.63, 3.8) is 0 Å². The normalized spacial score (nSPS) is 18.0. The van der Waals surface area contributed by atoms with E-state index in [0.29, 0.717) is 22.7 Å². The second-order valence-corrected chi connectivity index (χ2v) is 7.96. The van der Waals surface area contributed by atoms with E-state index in [9.17, 15) is 19.2 Å². The fraction of sp³-hybridized carbons (Fsp3) is 0.391. The quantitative estimate of drug-likeness (QED) is 0.418. The Morgan fingerprint density at radius 3 is 2.65 bits per heavy atom. The standard InChI is InChI=1S/C23H25N3O5/c1-15(19-13-17-9-5-6-10-18(17)31-19)24-20(27)14-26-22(29)21(28)25(23(26)30)12-11-16-7-3-2-4-8-16/h5-7,9-10,13,15H,2-4,8,11-12,14H2,1H3,(H,24,27)/t15-/m1/s1. The first kappa shape index (κ1) is 20.8. The molecule has 0 bridgehead atoms. The smallest absolute Gasteiger partial charge is 0.334 e. The van der Waals surface area contributed by atoms with Crippen molar-refractivity contribution in [2.24, 2.45) is 0 Å². The number of nitrogens with zero attached hydrogens (tertiary/aromatic N) is 2. The van der Waals surface area contributed by atoms with Crippen LogP contribution in [0.2, 0.25) is 0 Å². The lowest BCUT2D eigenvalue weighted by atomic mass is 9.97. The van der Waals surface area contributed by atoms with E-state index in [4.69, 9.17) is 4.42 Å². The molecule has 1 fully saturated rings. The molecule has 8 heteroatoms.